The van der Waals surface area contributed by atoms with Gasteiger partial charge in [-0.25, -0.2) is 0 Å². The molecular formula is C16H10BrNO. The summed E-state index contributed by atoms with van der Waals surface area (Å²) in [6.07, 6.45) is 0. The quantitative estimate of drug-likeness (QED) is 0.460. The number of nitrogen functional groups attached to an aromatic ring is 1. The van der Waals surface area contributed by atoms with Crippen LogP contribution in [0, 0.1) is 0 Å². The van der Waals surface area contributed by atoms with Crippen LogP contribution < -0.4 is 5.73 Å². The molecular weight excluding hydrogens is 302 g/mol. The molecule has 0 aliphatic carbocycles. The monoisotopic (exact) mass is 311 g/mol. The Morgan fingerprint density at radius 1 is 0.895 bits per heavy atom. The van der Waals surface area contributed by atoms with Gasteiger partial charge in [-0.15, -0.1) is 0 Å². The summed E-state index contributed by atoms with van der Waals surface area (Å²) in [6.45, 7) is 0. The first kappa shape index (κ1) is 10.9. The summed E-state index contributed by atoms with van der Waals surface area (Å²) in [4.78, 5) is 0. The highest BCUT2D eigenvalue weighted by Crippen LogP contribution is 2.35. The van der Waals surface area contributed by atoms with Crippen molar-refractivity contribution >= 4 is 54.3 Å². The van der Waals surface area contributed by atoms with Crippen LogP contribution >= 0.6 is 15.9 Å². The minimum absolute atomic E-state index is 0.755. The average Bonchev–Trinajstić information content (AvgIpc) is 2.74. The number of fused-ring (bicyclic) bond motifs is 4. The van der Waals surface area contributed by atoms with Crippen LogP contribution in [0.4, 0.5) is 5.69 Å². The Labute approximate surface area is 117 Å². The summed E-state index contributed by atoms with van der Waals surface area (Å²) in [5.41, 5.74) is 8.54. The van der Waals surface area contributed by atoms with E-state index in [-0.39, 0.29) is 0 Å². The number of hydrogen-bond donors (Lipinski definition) is 1. The Morgan fingerprint density at radius 3 is 2.68 bits per heavy atom. The van der Waals surface area contributed by atoms with E-state index in [0.717, 1.165) is 37.5 Å². The van der Waals surface area contributed by atoms with Gasteiger partial charge >= 0.3 is 0 Å². The van der Waals surface area contributed by atoms with Crippen molar-refractivity contribution in [3.63, 3.8) is 0 Å². The maximum absolute atomic E-state index is 6.07. The van der Waals surface area contributed by atoms with Gasteiger partial charge in [0.05, 0.1) is 5.39 Å². The first-order chi connectivity index (χ1) is 9.22. The fourth-order valence-electron chi connectivity index (χ4n) is 2.57. The van der Waals surface area contributed by atoms with E-state index in [1.165, 1.54) is 5.39 Å². The molecule has 0 saturated heterocycles. The number of anilines is 1. The Bertz CT molecular complexity index is 940. The van der Waals surface area contributed by atoms with Crippen molar-refractivity contribution in [2.45, 2.75) is 0 Å². The van der Waals surface area contributed by atoms with Crippen molar-refractivity contribution in [1.82, 2.24) is 0 Å². The van der Waals surface area contributed by atoms with Crippen LogP contribution in [0.3, 0.4) is 0 Å². The van der Waals surface area contributed by atoms with Crippen molar-refractivity contribution in [3.8, 4) is 0 Å². The zero-order valence-electron chi connectivity index (χ0n) is 9.98. The first-order valence-corrected chi connectivity index (χ1v) is 6.82. The van der Waals surface area contributed by atoms with Crippen molar-refractivity contribution < 1.29 is 4.42 Å². The lowest BCUT2D eigenvalue weighted by atomic mass is 10.1. The molecule has 4 rings (SSSR count). The summed E-state index contributed by atoms with van der Waals surface area (Å²) in [7, 11) is 0. The van der Waals surface area contributed by atoms with Crippen molar-refractivity contribution in [2.75, 3.05) is 5.73 Å². The van der Waals surface area contributed by atoms with E-state index in [0.29, 0.717) is 0 Å². The number of benzene rings is 3. The molecule has 0 bridgehead atoms. The maximum atomic E-state index is 6.07. The number of hydrogen-bond acceptors (Lipinski definition) is 2. The molecule has 0 aliphatic heterocycles. The first-order valence-electron chi connectivity index (χ1n) is 6.02. The van der Waals surface area contributed by atoms with Gasteiger partial charge in [0.1, 0.15) is 11.2 Å². The van der Waals surface area contributed by atoms with Gasteiger partial charge in [-0.2, -0.15) is 0 Å². The third-order valence-electron chi connectivity index (χ3n) is 3.45. The van der Waals surface area contributed by atoms with Crippen LogP contribution in [0.5, 0.6) is 0 Å². The fourth-order valence-corrected chi connectivity index (χ4v) is 2.95. The van der Waals surface area contributed by atoms with Crippen LogP contribution in [0.15, 0.2) is 57.4 Å². The van der Waals surface area contributed by atoms with Crippen LogP contribution in [0.2, 0.25) is 0 Å². The molecule has 1 aromatic heterocycles. The van der Waals surface area contributed by atoms with E-state index in [4.69, 9.17) is 10.2 Å². The molecule has 0 amide bonds. The number of furan rings is 1. The lowest BCUT2D eigenvalue weighted by Gasteiger charge is -1.99. The number of rotatable bonds is 0. The van der Waals surface area contributed by atoms with Gasteiger partial charge in [-0.1, -0.05) is 28.1 Å². The normalized spacial score (nSPS) is 11.6. The van der Waals surface area contributed by atoms with E-state index >= 15 is 0 Å². The lowest BCUT2D eigenvalue weighted by Crippen LogP contribution is -1.83. The second kappa shape index (κ2) is 3.75. The highest BCUT2D eigenvalue weighted by Gasteiger charge is 2.10. The van der Waals surface area contributed by atoms with Crippen LogP contribution in [-0.4, -0.2) is 0 Å². The molecule has 0 spiro atoms. The summed E-state index contributed by atoms with van der Waals surface area (Å²) in [5, 5.41) is 4.40. The molecule has 1 heterocycles. The van der Waals surface area contributed by atoms with Gasteiger partial charge in [0, 0.05) is 15.5 Å². The van der Waals surface area contributed by atoms with Crippen molar-refractivity contribution in [3.05, 3.63) is 53.0 Å². The Hall–Kier alpha value is -2.00. The van der Waals surface area contributed by atoms with Gasteiger partial charge in [0.25, 0.3) is 0 Å². The minimum atomic E-state index is 0.755. The second-order valence-corrected chi connectivity index (χ2v) is 5.58. The van der Waals surface area contributed by atoms with Gasteiger partial charge in [-0.3, -0.25) is 0 Å². The molecule has 0 fully saturated rings. The second-order valence-electron chi connectivity index (χ2n) is 4.66. The topological polar surface area (TPSA) is 39.2 Å². The van der Waals surface area contributed by atoms with Gasteiger partial charge in [-0.05, 0) is 47.2 Å². The molecule has 0 unspecified atom stereocenters. The molecule has 2 N–H and O–H groups in total. The molecule has 2 nitrogen and oxygen atoms in total. The van der Waals surface area contributed by atoms with Gasteiger partial charge in [0.15, 0.2) is 0 Å². The number of nitrogens with two attached hydrogens (primary N) is 1. The molecule has 19 heavy (non-hydrogen) atoms. The van der Waals surface area contributed by atoms with E-state index in [9.17, 15) is 0 Å². The summed E-state index contributed by atoms with van der Waals surface area (Å²) in [5.74, 6) is 0. The Kier molecular flexibility index (Phi) is 2.15. The Balaban J connectivity index is 2.25. The molecule has 3 aromatic carbocycles. The third-order valence-corrected chi connectivity index (χ3v) is 3.94. The van der Waals surface area contributed by atoms with Crippen molar-refractivity contribution in [2.24, 2.45) is 0 Å². The highest BCUT2D eigenvalue weighted by atomic mass is 79.9. The molecule has 0 radical (unpaired) electrons. The van der Waals surface area contributed by atoms with E-state index in [2.05, 4.69) is 40.2 Å². The lowest BCUT2D eigenvalue weighted by molar-refractivity contribution is 0.669. The Morgan fingerprint density at radius 2 is 1.79 bits per heavy atom. The summed E-state index contributed by atoms with van der Waals surface area (Å²) < 4.78 is 6.95. The maximum Gasteiger partial charge on any atom is 0.137 e. The zero-order chi connectivity index (χ0) is 13.0. The summed E-state index contributed by atoms with van der Waals surface area (Å²) in [6, 6.07) is 16.2. The van der Waals surface area contributed by atoms with Crippen LogP contribution in [-0.2, 0) is 0 Å². The third kappa shape index (κ3) is 1.55. The largest absolute Gasteiger partial charge is 0.456 e. The molecule has 92 valence electrons. The standard InChI is InChI=1S/C16H10BrNO/c17-11-5-4-9-8-15-12(7-10(9)6-11)16-13(18)2-1-3-14(16)19-15/h1-8H,18H2. The number of halogens is 1. The van der Waals surface area contributed by atoms with E-state index < -0.39 is 0 Å². The molecule has 0 atom stereocenters. The summed E-state index contributed by atoms with van der Waals surface area (Å²) >= 11 is 3.50. The fraction of sp³-hybridized carbons (Fsp3) is 0. The molecule has 3 heteroatoms. The van der Waals surface area contributed by atoms with Crippen molar-refractivity contribution in [1.29, 1.82) is 0 Å². The average molecular weight is 312 g/mol. The minimum Gasteiger partial charge on any atom is -0.456 e. The van der Waals surface area contributed by atoms with E-state index in [1.807, 2.05) is 24.3 Å². The predicted molar refractivity (Wildman–Crippen MR) is 83.3 cm³/mol. The predicted octanol–water partition coefficient (Wildman–Crippen LogP) is 5.08. The zero-order valence-corrected chi connectivity index (χ0v) is 11.6. The smallest absolute Gasteiger partial charge is 0.137 e. The van der Waals surface area contributed by atoms with Crippen LogP contribution in [0.1, 0.15) is 0 Å². The highest BCUT2D eigenvalue weighted by molar-refractivity contribution is 9.10. The molecule has 0 saturated carbocycles. The SMILES string of the molecule is Nc1cccc2oc3cc4ccc(Br)cc4cc3c12. The molecule has 0 aliphatic rings. The van der Waals surface area contributed by atoms with Gasteiger partial charge < -0.3 is 10.2 Å². The van der Waals surface area contributed by atoms with E-state index in [1.54, 1.807) is 0 Å². The molecule has 4 aromatic rings. The van der Waals surface area contributed by atoms with Gasteiger partial charge in [0.2, 0.25) is 0 Å². The van der Waals surface area contributed by atoms with Crippen LogP contribution in [0.25, 0.3) is 32.7 Å².